The molecule has 0 fully saturated rings. The Bertz CT molecular complexity index is 66.1. The molecule has 3 heteroatoms. The zero-order valence-electron chi connectivity index (χ0n) is 6.05. The maximum Gasteiger partial charge on any atom is 0.0608 e. The Balaban J connectivity index is 0. The van der Waals surface area contributed by atoms with Crippen molar-refractivity contribution in [1.82, 2.24) is 0 Å². The average Bonchev–Trinajstić information content (AvgIpc) is 1.67. The van der Waals surface area contributed by atoms with Crippen molar-refractivity contribution >= 4 is 12.4 Å². The van der Waals surface area contributed by atoms with Crippen LogP contribution in [0.25, 0.3) is 0 Å². The summed E-state index contributed by atoms with van der Waals surface area (Å²) in [4.78, 5) is 0. The first-order valence-corrected chi connectivity index (χ1v) is 3.02. The molecule has 0 aromatic carbocycles. The molecule has 0 bridgehead atoms. The van der Waals surface area contributed by atoms with Crippen LogP contribution in [-0.2, 0) is 0 Å². The molecule has 0 rings (SSSR count). The van der Waals surface area contributed by atoms with Gasteiger partial charge in [0.25, 0.3) is 0 Å². The fourth-order valence-electron chi connectivity index (χ4n) is 0.650. The lowest BCUT2D eigenvalue weighted by Crippen LogP contribution is -2.39. The van der Waals surface area contributed by atoms with Gasteiger partial charge < -0.3 is 10.8 Å². The van der Waals surface area contributed by atoms with Crippen LogP contribution in [0.4, 0.5) is 0 Å². The molecule has 0 saturated heterocycles. The van der Waals surface area contributed by atoms with Gasteiger partial charge >= 0.3 is 0 Å². The van der Waals surface area contributed by atoms with Crippen LogP contribution >= 0.6 is 12.4 Å². The van der Waals surface area contributed by atoms with E-state index < -0.39 is 0 Å². The van der Waals surface area contributed by atoms with Crippen molar-refractivity contribution in [2.45, 2.75) is 32.2 Å². The molecule has 3 N–H and O–H groups in total. The van der Waals surface area contributed by atoms with Gasteiger partial charge in [0.2, 0.25) is 0 Å². The largest absolute Gasteiger partial charge is 0.394 e. The van der Waals surface area contributed by atoms with Crippen molar-refractivity contribution in [3.8, 4) is 0 Å². The summed E-state index contributed by atoms with van der Waals surface area (Å²) in [6.45, 7) is 4.00. The Labute approximate surface area is 62.9 Å². The van der Waals surface area contributed by atoms with Crippen LogP contribution in [0.3, 0.4) is 0 Å². The van der Waals surface area contributed by atoms with Gasteiger partial charge in [-0.1, -0.05) is 13.3 Å². The van der Waals surface area contributed by atoms with Crippen molar-refractivity contribution in [1.29, 1.82) is 0 Å². The second-order valence-electron chi connectivity index (χ2n) is 2.56. The molecule has 0 saturated carbocycles. The quantitative estimate of drug-likeness (QED) is 0.634. The second kappa shape index (κ2) is 5.03. The molecular weight excluding hydrogens is 138 g/mol. The third kappa shape index (κ3) is 6.09. The maximum atomic E-state index is 8.60. The van der Waals surface area contributed by atoms with Crippen molar-refractivity contribution in [2.75, 3.05) is 6.61 Å². The van der Waals surface area contributed by atoms with Gasteiger partial charge in [-0.2, -0.15) is 0 Å². The van der Waals surface area contributed by atoms with E-state index in [1.807, 2.05) is 6.92 Å². The van der Waals surface area contributed by atoms with Crippen LogP contribution in [0.15, 0.2) is 0 Å². The molecule has 0 amide bonds. The Hall–Kier alpha value is 0.210. The molecule has 58 valence electrons. The number of nitrogens with two attached hydrogens (primary N) is 1. The molecule has 2 nitrogen and oxygen atoms in total. The SMILES string of the molecule is CCCC(C)(N)CO.Cl. The summed E-state index contributed by atoms with van der Waals surface area (Å²) in [5.41, 5.74) is 5.22. The van der Waals surface area contributed by atoms with Gasteiger partial charge in [-0.05, 0) is 13.3 Å². The Morgan fingerprint density at radius 1 is 1.56 bits per heavy atom. The fourth-order valence-corrected chi connectivity index (χ4v) is 0.650. The van der Waals surface area contributed by atoms with Crippen LogP contribution in [0, 0.1) is 0 Å². The predicted octanol–water partition coefficient (Wildman–Crippen LogP) is 0.918. The minimum atomic E-state index is -0.352. The molecule has 0 aromatic heterocycles. The lowest BCUT2D eigenvalue weighted by molar-refractivity contribution is 0.199. The van der Waals surface area contributed by atoms with Crippen LogP contribution in [0.2, 0.25) is 0 Å². The highest BCUT2D eigenvalue weighted by atomic mass is 35.5. The number of aliphatic hydroxyl groups is 1. The number of halogens is 1. The number of hydrogen-bond donors (Lipinski definition) is 2. The molecule has 0 heterocycles. The molecule has 0 aliphatic carbocycles. The highest BCUT2D eigenvalue weighted by molar-refractivity contribution is 5.85. The summed E-state index contributed by atoms with van der Waals surface area (Å²) in [7, 11) is 0. The van der Waals surface area contributed by atoms with Crippen molar-refractivity contribution in [3.05, 3.63) is 0 Å². The zero-order valence-corrected chi connectivity index (χ0v) is 6.87. The van der Waals surface area contributed by atoms with Crippen molar-refractivity contribution < 1.29 is 5.11 Å². The molecular formula is C6H16ClNO. The monoisotopic (exact) mass is 153 g/mol. The second-order valence-corrected chi connectivity index (χ2v) is 2.56. The van der Waals surface area contributed by atoms with Crippen LogP contribution in [0.1, 0.15) is 26.7 Å². The first-order valence-electron chi connectivity index (χ1n) is 3.02. The minimum absolute atomic E-state index is 0. The van der Waals surface area contributed by atoms with E-state index >= 15 is 0 Å². The highest BCUT2D eigenvalue weighted by Crippen LogP contribution is 2.05. The van der Waals surface area contributed by atoms with Crippen molar-refractivity contribution in [2.24, 2.45) is 5.73 Å². The molecule has 0 aliphatic rings. The normalized spacial score (nSPS) is 16.0. The molecule has 0 aromatic rings. The molecule has 0 radical (unpaired) electrons. The van der Waals surface area contributed by atoms with Gasteiger partial charge in [0.1, 0.15) is 0 Å². The van der Waals surface area contributed by atoms with E-state index in [2.05, 4.69) is 6.92 Å². The molecule has 1 unspecified atom stereocenters. The topological polar surface area (TPSA) is 46.2 Å². The smallest absolute Gasteiger partial charge is 0.0608 e. The highest BCUT2D eigenvalue weighted by Gasteiger charge is 2.13. The minimum Gasteiger partial charge on any atom is -0.394 e. The van der Waals surface area contributed by atoms with E-state index in [0.717, 1.165) is 12.8 Å². The molecule has 0 spiro atoms. The third-order valence-corrected chi connectivity index (χ3v) is 1.18. The Kier molecular flexibility index (Phi) is 6.68. The van der Waals surface area contributed by atoms with Gasteiger partial charge in [0, 0.05) is 5.54 Å². The lowest BCUT2D eigenvalue weighted by Gasteiger charge is -2.19. The third-order valence-electron chi connectivity index (χ3n) is 1.18. The summed E-state index contributed by atoms with van der Waals surface area (Å²) >= 11 is 0. The standard InChI is InChI=1S/C6H15NO.ClH/c1-3-4-6(2,7)5-8;/h8H,3-5,7H2,1-2H3;1H. The van der Waals surface area contributed by atoms with Gasteiger partial charge in [0.05, 0.1) is 6.61 Å². The summed E-state index contributed by atoms with van der Waals surface area (Å²) in [5.74, 6) is 0. The van der Waals surface area contributed by atoms with Crippen molar-refractivity contribution in [3.63, 3.8) is 0 Å². The summed E-state index contributed by atoms with van der Waals surface area (Å²) in [6.07, 6.45) is 1.93. The summed E-state index contributed by atoms with van der Waals surface area (Å²) < 4.78 is 0. The lowest BCUT2D eigenvalue weighted by atomic mass is 9.99. The first-order chi connectivity index (χ1) is 3.62. The summed E-state index contributed by atoms with van der Waals surface area (Å²) in [6, 6.07) is 0. The molecule has 0 aliphatic heterocycles. The van der Waals surface area contributed by atoms with E-state index in [4.69, 9.17) is 10.8 Å². The van der Waals surface area contributed by atoms with Crippen LogP contribution in [-0.4, -0.2) is 17.3 Å². The van der Waals surface area contributed by atoms with E-state index in [1.54, 1.807) is 0 Å². The predicted molar refractivity (Wildman–Crippen MR) is 41.8 cm³/mol. The van der Waals surface area contributed by atoms with E-state index in [0.29, 0.717) is 0 Å². The zero-order chi connectivity index (χ0) is 6.62. The van der Waals surface area contributed by atoms with Gasteiger partial charge in [-0.25, -0.2) is 0 Å². The number of rotatable bonds is 3. The first kappa shape index (κ1) is 11.9. The number of hydrogen-bond acceptors (Lipinski definition) is 2. The van der Waals surface area contributed by atoms with Crippen LogP contribution < -0.4 is 5.73 Å². The summed E-state index contributed by atoms with van der Waals surface area (Å²) in [5, 5.41) is 8.60. The Morgan fingerprint density at radius 2 is 2.00 bits per heavy atom. The van der Waals surface area contributed by atoms with E-state index in [1.165, 1.54) is 0 Å². The fraction of sp³-hybridized carbons (Fsp3) is 1.00. The average molecular weight is 154 g/mol. The van der Waals surface area contributed by atoms with E-state index in [-0.39, 0.29) is 24.6 Å². The molecule has 9 heavy (non-hydrogen) atoms. The molecule has 1 atom stereocenters. The van der Waals surface area contributed by atoms with Gasteiger partial charge in [-0.15, -0.1) is 12.4 Å². The van der Waals surface area contributed by atoms with Crippen LogP contribution in [0.5, 0.6) is 0 Å². The van der Waals surface area contributed by atoms with Gasteiger partial charge in [0.15, 0.2) is 0 Å². The van der Waals surface area contributed by atoms with Gasteiger partial charge in [-0.3, -0.25) is 0 Å². The maximum absolute atomic E-state index is 8.60. The van der Waals surface area contributed by atoms with E-state index in [9.17, 15) is 0 Å². The number of aliphatic hydroxyl groups excluding tert-OH is 1. The Morgan fingerprint density at radius 3 is 2.11 bits per heavy atom.